The zero-order valence-electron chi connectivity index (χ0n) is 5.14. The molecule has 0 aliphatic carbocycles. The van der Waals surface area contributed by atoms with E-state index in [9.17, 15) is 4.79 Å². The lowest BCUT2D eigenvalue weighted by Crippen LogP contribution is -1.89. The minimum absolute atomic E-state index is 0.321. The van der Waals surface area contributed by atoms with Crippen LogP contribution in [-0.2, 0) is 0 Å². The lowest BCUT2D eigenvalue weighted by molar-refractivity contribution is 0.0702. The van der Waals surface area contributed by atoms with Crippen molar-refractivity contribution in [3.05, 3.63) is 10.9 Å². The Morgan fingerprint density at radius 2 is 2.45 bits per heavy atom. The SMILES string of the molecule is O=C(O)c1cc2snnc2s1. The number of carbonyl (C=O) groups is 1. The quantitative estimate of drug-likeness (QED) is 0.732. The van der Waals surface area contributed by atoms with Crippen molar-refractivity contribution in [2.75, 3.05) is 0 Å². The standard InChI is InChI=1S/C5H2N2O2S2/c8-5(9)3-1-2-4(10-3)6-7-11-2/h1H,(H,8,9). The van der Waals surface area contributed by atoms with Crippen LogP contribution in [0.4, 0.5) is 0 Å². The van der Waals surface area contributed by atoms with Crippen LogP contribution < -0.4 is 0 Å². The average Bonchev–Trinajstić information content (AvgIpc) is 2.40. The van der Waals surface area contributed by atoms with Crippen molar-refractivity contribution in [1.29, 1.82) is 0 Å². The summed E-state index contributed by atoms with van der Waals surface area (Å²) in [5, 5.41) is 12.3. The molecule has 0 radical (unpaired) electrons. The number of rotatable bonds is 1. The highest BCUT2D eigenvalue weighted by Gasteiger charge is 2.09. The average molecular weight is 186 g/mol. The fourth-order valence-corrected chi connectivity index (χ4v) is 2.28. The Morgan fingerprint density at radius 1 is 1.64 bits per heavy atom. The molecule has 56 valence electrons. The summed E-state index contributed by atoms with van der Waals surface area (Å²) < 4.78 is 4.51. The summed E-state index contributed by atoms with van der Waals surface area (Å²) in [5.74, 6) is -0.903. The normalized spacial score (nSPS) is 10.5. The first-order chi connectivity index (χ1) is 5.27. The number of hydrogen-bond donors (Lipinski definition) is 1. The third-order valence-electron chi connectivity index (χ3n) is 1.16. The van der Waals surface area contributed by atoms with E-state index in [0.717, 1.165) is 16.0 Å². The molecule has 2 aromatic rings. The molecule has 2 rings (SSSR count). The molecule has 0 fully saturated rings. The van der Waals surface area contributed by atoms with Crippen molar-refractivity contribution in [2.45, 2.75) is 0 Å². The number of carboxylic acids is 1. The van der Waals surface area contributed by atoms with Gasteiger partial charge >= 0.3 is 5.97 Å². The molecule has 11 heavy (non-hydrogen) atoms. The van der Waals surface area contributed by atoms with Gasteiger partial charge in [0, 0.05) is 0 Å². The molecule has 0 bridgehead atoms. The molecule has 0 aliphatic heterocycles. The Balaban J connectivity index is 2.67. The molecule has 0 amide bonds. The summed E-state index contributed by atoms with van der Waals surface area (Å²) in [6.07, 6.45) is 0. The molecule has 1 N–H and O–H groups in total. The first-order valence-electron chi connectivity index (χ1n) is 2.72. The maximum Gasteiger partial charge on any atom is 0.345 e. The van der Waals surface area contributed by atoms with Gasteiger partial charge < -0.3 is 5.11 Å². The van der Waals surface area contributed by atoms with Gasteiger partial charge in [-0.1, -0.05) is 4.49 Å². The second kappa shape index (κ2) is 2.24. The predicted molar refractivity (Wildman–Crippen MR) is 42.3 cm³/mol. The van der Waals surface area contributed by atoms with Crippen LogP contribution in [-0.4, -0.2) is 20.7 Å². The molecule has 0 aromatic carbocycles. The minimum Gasteiger partial charge on any atom is -0.477 e. The number of fused-ring (bicyclic) bond motifs is 1. The Labute approximate surface area is 69.3 Å². The summed E-state index contributed by atoms with van der Waals surface area (Å²) in [6.45, 7) is 0. The first kappa shape index (κ1) is 6.68. The summed E-state index contributed by atoms with van der Waals surface area (Å²) in [7, 11) is 0. The van der Waals surface area contributed by atoms with Crippen molar-refractivity contribution in [1.82, 2.24) is 9.59 Å². The van der Waals surface area contributed by atoms with Crippen LogP contribution in [0.5, 0.6) is 0 Å². The number of thiophene rings is 1. The van der Waals surface area contributed by atoms with Gasteiger partial charge in [0.05, 0.1) is 4.70 Å². The Hall–Kier alpha value is -1.01. The minimum atomic E-state index is -0.903. The maximum atomic E-state index is 10.4. The smallest absolute Gasteiger partial charge is 0.345 e. The molecule has 0 spiro atoms. The van der Waals surface area contributed by atoms with Gasteiger partial charge in [0.15, 0.2) is 4.83 Å². The molecule has 0 saturated carbocycles. The molecular formula is C5H2N2O2S2. The number of aromatic nitrogens is 2. The van der Waals surface area contributed by atoms with E-state index in [1.807, 2.05) is 0 Å². The highest BCUT2D eigenvalue weighted by atomic mass is 32.1. The fourth-order valence-electron chi connectivity index (χ4n) is 0.707. The second-order valence-electron chi connectivity index (χ2n) is 1.86. The lowest BCUT2D eigenvalue weighted by atomic mass is 10.5. The Bertz CT molecular complexity index is 377. The zero-order chi connectivity index (χ0) is 7.84. The molecule has 0 atom stereocenters. The van der Waals surface area contributed by atoms with Crippen LogP contribution in [0.25, 0.3) is 9.53 Å². The second-order valence-corrected chi connectivity index (χ2v) is 3.67. The first-order valence-corrected chi connectivity index (χ1v) is 4.31. The van der Waals surface area contributed by atoms with Crippen molar-refractivity contribution >= 4 is 38.4 Å². The van der Waals surface area contributed by atoms with Crippen molar-refractivity contribution in [3.8, 4) is 0 Å². The van der Waals surface area contributed by atoms with Gasteiger partial charge in [-0.25, -0.2) is 4.79 Å². The number of aromatic carboxylic acids is 1. The number of carboxylic acid groups (broad SMARTS) is 1. The molecule has 0 aliphatic rings. The van der Waals surface area contributed by atoms with Crippen LogP contribution >= 0.6 is 22.9 Å². The van der Waals surface area contributed by atoms with E-state index >= 15 is 0 Å². The van der Waals surface area contributed by atoms with Crippen molar-refractivity contribution in [3.63, 3.8) is 0 Å². The lowest BCUT2D eigenvalue weighted by Gasteiger charge is -1.79. The van der Waals surface area contributed by atoms with Crippen LogP contribution in [0, 0.1) is 0 Å². The van der Waals surface area contributed by atoms with Gasteiger partial charge in [0.25, 0.3) is 0 Å². The molecule has 2 aromatic heterocycles. The predicted octanol–water partition coefficient (Wildman–Crippen LogP) is 1.45. The molecule has 4 nitrogen and oxygen atoms in total. The van der Waals surface area contributed by atoms with Gasteiger partial charge in [-0.2, -0.15) is 0 Å². The summed E-state index contributed by atoms with van der Waals surface area (Å²) in [4.78, 5) is 11.5. The van der Waals surface area contributed by atoms with Gasteiger partial charge in [0.2, 0.25) is 0 Å². The highest BCUT2D eigenvalue weighted by molar-refractivity contribution is 7.25. The molecule has 0 unspecified atom stereocenters. The van der Waals surface area contributed by atoms with Gasteiger partial charge in [0.1, 0.15) is 4.88 Å². The highest BCUT2D eigenvalue weighted by Crippen LogP contribution is 2.25. The summed E-state index contributed by atoms with van der Waals surface area (Å²) in [6, 6.07) is 1.59. The van der Waals surface area contributed by atoms with E-state index in [2.05, 4.69) is 9.59 Å². The van der Waals surface area contributed by atoms with E-state index in [-0.39, 0.29) is 0 Å². The van der Waals surface area contributed by atoms with E-state index in [1.165, 1.54) is 11.5 Å². The third kappa shape index (κ3) is 0.997. The Kier molecular flexibility index (Phi) is 1.36. The fraction of sp³-hybridized carbons (Fsp3) is 0. The van der Waals surface area contributed by atoms with E-state index < -0.39 is 5.97 Å². The Morgan fingerprint density at radius 3 is 3.09 bits per heavy atom. The van der Waals surface area contributed by atoms with Gasteiger partial charge in [-0.3, -0.25) is 0 Å². The third-order valence-corrected chi connectivity index (χ3v) is 2.97. The van der Waals surface area contributed by atoms with E-state index in [1.54, 1.807) is 6.07 Å². The number of hydrogen-bond acceptors (Lipinski definition) is 5. The van der Waals surface area contributed by atoms with Crippen LogP contribution in [0.2, 0.25) is 0 Å². The topological polar surface area (TPSA) is 63.1 Å². The van der Waals surface area contributed by atoms with Crippen LogP contribution in [0.3, 0.4) is 0 Å². The molecular weight excluding hydrogens is 184 g/mol. The number of nitrogens with zero attached hydrogens (tertiary/aromatic N) is 2. The van der Waals surface area contributed by atoms with Gasteiger partial charge in [-0.15, -0.1) is 16.4 Å². The van der Waals surface area contributed by atoms with Gasteiger partial charge in [-0.05, 0) is 17.6 Å². The zero-order valence-corrected chi connectivity index (χ0v) is 6.78. The molecule has 6 heteroatoms. The van der Waals surface area contributed by atoms with Crippen molar-refractivity contribution < 1.29 is 9.90 Å². The molecule has 0 saturated heterocycles. The van der Waals surface area contributed by atoms with E-state index in [4.69, 9.17) is 5.11 Å². The van der Waals surface area contributed by atoms with Crippen LogP contribution in [0.15, 0.2) is 6.07 Å². The largest absolute Gasteiger partial charge is 0.477 e. The van der Waals surface area contributed by atoms with Crippen LogP contribution in [0.1, 0.15) is 9.67 Å². The summed E-state index contributed by atoms with van der Waals surface area (Å²) in [5.41, 5.74) is 0. The van der Waals surface area contributed by atoms with Crippen molar-refractivity contribution in [2.24, 2.45) is 0 Å². The molecule has 2 heterocycles. The van der Waals surface area contributed by atoms with E-state index in [0.29, 0.717) is 9.71 Å². The summed E-state index contributed by atoms with van der Waals surface area (Å²) >= 11 is 2.36. The maximum absolute atomic E-state index is 10.4. The monoisotopic (exact) mass is 186 g/mol.